The molecule has 3 rings (SSSR count). The summed E-state index contributed by atoms with van der Waals surface area (Å²) in [7, 11) is 0. The maximum atomic E-state index is 13.3. The van der Waals surface area contributed by atoms with Crippen LogP contribution in [0.5, 0.6) is 0 Å². The van der Waals surface area contributed by atoms with Crippen molar-refractivity contribution in [3.8, 4) is 5.69 Å². The van der Waals surface area contributed by atoms with Crippen molar-refractivity contribution in [2.75, 3.05) is 0 Å². The molecule has 0 aliphatic heterocycles. The molecule has 3 aromatic rings. The van der Waals surface area contributed by atoms with Gasteiger partial charge in [-0.1, -0.05) is 23.7 Å². The standard InChI is InChI=1S/C18H16ClFN4O/c1-11(13-4-3-5-15(20)10-13)21-18(25)17-22-12(2)24(23-17)16-8-6-14(19)7-9-16/h3-11H,1-2H3,(H,21,25). The summed E-state index contributed by atoms with van der Waals surface area (Å²) in [6, 6.07) is 12.8. The maximum absolute atomic E-state index is 13.3. The first-order chi connectivity index (χ1) is 11.9. The Bertz CT molecular complexity index is 908. The summed E-state index contributed by atoms with van der Waals surface area (Å²) in [5, 5.41) is 7.64. The molecule has 0 saturated carbocycles. The Balaban J connectivity index is 1.79. The van der Waals surface area contributed by atoms with Gasteiger partial charge in [0.2, 0.25) is 5.82 Å². The van der Waals surface area contributed by atoms with Gasteiger partial charge in [0.15, 0.2) is 0 Å². The van der Waals surface area contributed by atoms with Gasteiger partial charge in [0.25, 0.3) is 5.91 Å². The number of halogens is 2. The van der Waals surface area contributed by atoms with Crippen molar-refractivity contribution >= 4 is 17.5 Å². The van der Waals surface area contributed by atoms with E-state index in [2.05, 4.69) is 15.4 Å². The SMILES string of the molecule is Cc1nc(C(=O)NC(C)c2cccc(F)c2)nn1-c1ccc(Cl)cc1. The molecule has 1 aromatic heterocycles. The van der Waals surface area contributed by atoms with E-state index in [0.29, 0.717) is 16.4 Å². The fourth-order valence-corrected chi connectivity index (χ4v) is 2.56. The van der Waals surface area contributed by atoms with Gasteiger partial charge in [0, 0.05) is 5.02 Å². The number of benzene rings is 2. The second kappa shape index (κ2) is 7.03. The molecule has 0 aliphatic rings. The Kier molecular flexibility index (Phi) is 4.81. The average Bonchev–Trinajstić information content (AvgIpc) is 2.97. The molecule has 0 spiro atoms. The van der Waals surface area contributed by atoms with Crippen LogP contribution in [0, 0.1) is 12.7 Å². The van der Waals surface area contributed by atoms with E-state index in [-0.39, 0.29) is 17.7 Å². The Morgan fingerprint density at radius 1 is 1.24 bits per heavy atom. The van der Waals surface area contributed by atoms with E-state index in [4.69, 9.17) is 11.6 Å². The zero-order chi connectivity index (χ0) is 18.0. The molecule has 0 fully saturated rings. The summed E-state index contributed by atoms with van der Waals surface area (Å²) in [5.41, 5.74) is 1.42. The molecule has 1 unspecified atom stereocenters. The highest BCUT2D eigenvalue weighted by Crippen LogP contribution is 2.16. The second-order valence-electron chi connectivity index (χ2n) is 5.62. The van der Waals surface area contributed by atoms with Crippen molar-refractivity contribution in [1.29, 1.82) is 0 Å². The number of aryl methyl sites for hydroxylation is 1. The highest BCUT2D eigenvalue weighted by Gasteiger charge is 2.18. The van der Waals surface area contributed by atoms with Gasteiger partial charge in [-0.3, -0.25) is 4.79 Å². The first-order valence-corrected chi connectivity index (χ1v) is 8.08. The van der Waals surface area contributed by atoms with Gasteiger partial charge in [-0.05, 0) is 55.8 Å². The second-order valence-corrected chi connectivity index (χ2v) is 6.06. The van der Waals surface area contributed by atoms with Crippen molar-refractivity contribution in [2.24, 2.45) is 0 Å². The van der Waals surface area contributed by atoms with Crippen LogP contribution in [-0.2, 0) is 0 Å². The van der Waals surface area contributed by atoms with Crippen LogP contribution in [-0.4, -0.2) is 20.7 Å². The molecule has 7 heteroatoms. The van der Waals surface area contributed by atoms with E-state index in [0.717, 1.165) is 5.69 Å². The van der Waals surface area contributed by atoms with Crippen LogP contribution >= 0.6 is 11.6 Å². The van der Waals surface area contributed by atoms with Crippen molar-refractivity contribution in [3.05, 3.63) is 76.6 Å². The number of rotatable bonds is 4. The fraction of sp³-hybridized carbons (Fsp3) is 0.167. The molecule has 1 N–H and O–H groups in total. The minimum absolute atomic E-state index is 0.0516. The van der Waals surface area contributed by atoms with E-state index in [1.54, 1.807) is 54.9 Å². The monoisotopic (exact) mass is 358 g/mol. The van der Waals surface area contributed by atoms with Gasteiger partial charge in [0.1, 0.15) is 11.6 Å². The van der Waals surface area contributed by atoms with Gasteiger partial charge in [-0.25, -0.2) is 14.1 Å². The van der Waals surface area contributed by atoms with E-state index >= 15 is 0 Å². The van der Waals surface area contributed by atoms with Crippen molar-refractivity contribution in [1.82, 2.24) is 20.1 Å². The Morgan fingerprint density at radius 3 is 2.64 bits per heavy atom. The number of hydrogen-bond donors (Lipinski definition) is 1. The lowest BCUT2D eigenvalue weighted by Crippen LogP contribution is -2.27. The van der Waals surface area contributed by atoms with Gasteiger partial charge < -0.3 is 5.32 Å². The van der Waals surface area contributed by atoms with Gasteiger partial charge in [-0.2, -0.15) is 0 Å². The van der Waals surface area contributed by atoms with E-state index < -0.39 is 5.91 Å². The quantitative estimate of drug-likeness (QED) is 0.770. The van der Waals surface area contributed by atoms with Crippen molar-refractivity contribution in [3.63, 3.8) is 0 Å². The van der Waals surface area contributed by atoms with Gasteiger partial charge >= 0.3 is 0 Å². The summed E-state index contributed by atoms with van der Waals surface area (Å²) in [5.74, 6) is -0.145. The van der Waals surface area contributed by atoms with Gasteiger partial charge in [-0.15, -0.1) is 5.10 Å². The lowest BCUT2D eigenvalue weighted by molar-refractivity contribution is 0.0929. The fourth-order valence-electron chi connectivity index (χ4n) is 2.43. The van der Waals surface area contributed by atoms with Crippen LogP contribution < -0.4 is 5.32 Å². The summed E-state index contributed by atoms with van der Waals surface area (Å²) in [4.78, 5) is 16.6. The van der Waals surface area contributed by atoms with Crippen molar-refractivity contribution in [2.45, 2.75) is 19.9 Å². The summed E-state index contributed by atoms with van der Waals surface area (Å²) < 4.78 is 14.9. The predicted octanol–water partition coefficient (Wildman–Crippen LogP) is 3.86. The first-order valence-electron chi connectivity index (χ1n) is 7.70. The van der Waals surface area contributed by atoms with Crippen LogP contribution in [0.1, 0.15) is 35.0 Å². The summed E-state index contributed by atoms with van der Waals surface area (Å²) in [6.45, 7) is 3.53. The molecule has 5 nitrogen and oxygen atoms in total. The summed E-state index contributed by atoms with van der Waals surface area (Å²) in [6.07, 6.45) is 0. The van der Waals surface area contributed by atoms with E-state index in [1.165, 1.54) is 12.1 Å². The predicted molar refractivity (Wildman–Crippen MR) is 93.4 cm³/mol. The topological polar surface area (TPSA) is 59.8 Å². The molecule has 0 radical (unpaired) electrons. The molecule has 0 aliphatic carbocycles. The zero-order valence-corrected chi connectivity index (χ0v) is 14.5. The first kappa shape index (κ1) is 17.1. The third-order valence-electron chi connectivity index (χ3n) is 3.74. The van der Waals surface area contributed by atoms with Gasteiger partial charge in [0.05, 0.1) is 11.7 Å². The molecule has 25 heavy (non-hydrogen) atoms. The third-order valence-corrected chi connectivity index (χ3v) is 3.99. The number of amides is 1. The normalized spacial score (nSPS) is 12.0. The number of carbonyl (C=O) groups excluding carboxylic acids is 1. The number of nitrogens with one attached hydrogen (secondary N) is 1. The maximum Gasteiger partial charge on any atom is 0.291 e. The molecule has 2 aromatic carbocycles. The highest BCUT2D eigenvalue weighted by atomic mass is 35.5. The van der Waals surface area contributed by atoms with E-state index in [1.807, 2.05) is 0 Å². The number of aromatic nitrogens is 3. The molecule has 1 amide bonds. The Hall–Kier alpha value is -2.73. The average molecular weight is 359 g/mol. The molecule has 128 valence electrons. The van der Waals surface area contributed by atoms with E-state index in [9.17, 15) is 9.18 Å². The smallest absolute Gasteiger partial charge is 0.291 e. The molecular formula is C18H16ClFN4O. The van der Waals surface area contributed by atoms with Crippen LogP contribution in [0.4, 0.5) is 4.39 Å². The van der Waals surface area contributed by atoms with Crippen LogP contribution in [0.3, 0.4) is 0 Å². The zero-order valence-electron chi connectivity index (χ0n) is 13.7. The third kappa shape index (κ3) is 3.85. The van der Waals surface area contributed by atoms with Crippen molar-refractivity contribution < 1.29 is 9.18 Å². The Labute approximate surface area is 149 Å². The van der Waals surface area contributed by atoms with Crippen LogP contribution in [0.2, 0.25) is 5.02 Å². The number of carbonyl (C=O) groups is 1. The molecular weight excluding hydrogens is 343 g/mol. The lowest BCUT2D eigenvalue weighted by atomic mass is 10.1. The molecule has 1 heterocycles. The Morgan fingerprint density at radius 2 is 1.96 bits per heavy atom. The molecule has 0 bridgehead atoms. The van der Waals surface area contributed by atoms with Crippen LogP contribution in [0.15, 0.2) is 48.5 Å². The minimum Gasteiger partial charge on any atom is -0.343 e. The number of hydrogen-bond acceptors (Lipinski definition) is 3. The highest BCUT2D eigenvalue weighted by molar-refractivity contribution is 6.30. The molecule has 1 atom stereocenters. The lowest BCUT2D eigenvalue weighted by Gasteiger charge is -2.12. The number of nitrogens with zero attached hydrogens (tertiary/aromatic N) is 3. The summed E-state index contributed by atoms with van der Waals surface area (Å²) >= 11 is 5.89. The van der Waals surface area contributed by atoms with Crippen LogP contribution in [0.25, 0.3) is 5.69 Å². The minimum atomic E-state index is -0.424. The largest absolute Gasteiger partial charge is 0.343 e. The molecule has 0 saturated heterocycles.